The van der Waals surface area contributed by atoms with Crippen LogP contribution >= 0.6 is 11.6 Å². The molecule has 5 heteroatoms. The van der Waals surface area contributed by atoms with E-state index in [4.69, 9.17) is 16.3 Å². The summed E-state index contributed by atoms with van der Waals surface area (Å²) in [4.78, 5) is 14.5. The second-order valence-electron chi connectivity index (χ2n) is 6.49. The smallest absolute Gasteiger partial charge is 0.238 e. The van der Waals surface area contributed by atoms with Crippen molar-refractivity contribution in [3.63, 3.8) is 0 Å². The van der Waals surface area contributed by atoms with Crippen LogP contribution in [0.1, 0.15) is 25.8 Å². The van der Waals surface area contributed by atoms with Crippen LogP contribution in [0, 0.1) is 18.8 Å². The number of nitrogens with one attached hydrogen (secondary N) is 1. The fraction of sp³-hybridized carbons (Fsp3) is 0.588. The molecular formula is C17H25ClN2O2. The summed E-state index contributed by atoms with van der Waals surface area (Å²) in [6.45, 7) is 8.77. The Morgan fingerprint density at radius 3 is 2.59 bits per heavy atom. The van der Waals surface area contributed by atoms with Crippen LogP contribution in [-0.2, 0) is 4.79 Å². The Morgan fingerprint density at radius 1 is 1.36 bits per heavy atom. The molecule has 1 N–H and O–H groups in total. The molecule has 22 heavy (non-hydrogen) atoms. The van der Waals surface area contributed by atoms with E-state index in [1.807, 2.05) is 13.0 Å². The predicted octanol–water partition coefficient (Wildman–Crippen LogP) is 3.57. The van der Waals surface area contributed by atoms with Crippen LogP contribution in [0.2, 0.25) is 5.02 Å². The lowest BCUT2D eigenvalue weighted by atomic mass is 9.92. The first kappa shape index (κ1) is 17.1. The molecule has 122 valence electrons. The van der Waals surface area contributed by atoms with Crippen molar-refractivity contribution in [2.75, 3.05) is 32.1 Å². The normalized spacial score (nSPS) is 22.4. The topological polar surface area (TPSA) is 41.6 Å². The average molecular weight is 325 g/mol. The van der Waals surface area contributed by atoms with Gasteiger partial charge in [0.1, 0.15) is 5.75 Å². The third-order valence-corrected chi connectivity index (χ3v) is 4.47. The van der Waals surface area contributed by atoms with Crippen LogP contribution in [0.5, 0.6) is 5.75 Å². The van der Waals surface area contributed by atoms with Gasteiger partial charge in [0.2, 0.25) is 5.91 Å². The van der Waals surface area contributed by atoms with Gasteiger partial charge in [0, 0.05) is 24.2 Å². The number of ether oxygens (including phenoxy) is 1. The number of hydrogen-bond acceptors (Lipinski definition) is 3. The van der Waals surface area contributed by atoms with Crippen LogP contribution in [0.15, 0.2) is 12.1 Å². The second kappa shape index (κ2) is 7.34. The van der Waals surface area contributed by atoms with Gasteiger partial charge in [-0.2, -0.15) is 0 Å². The van der Waals surface area contributed by atoms with Gasteiger partial charge in [0.15, 0.2) is 0 Å². The SMILES string of the molecule is COc1cc(Cl)c(C)cc1NC(=O)CN1C[C@H](C)C[C@@H](C)C1. The maximum absolute atomic E-state index is 12.3. The van der Waals surface area contributed by atoms with Crippen molar-refractivity contribution in [3.8, 4) is 5.75 Å². The van der Waals surface area contributed by atoms with E-state index in [2.05, 4.69) is 24.1 Å². The van der Waals surface area contributed by atoms with Crippen molar-refractivity contribution in [1.29, 1.82) is 0 Å². The van der Waals surface area contributed by atoms with E-state index in [9.17, 15) is 4.79 Å². The largest absolute Gasteiger partial charge is 0.495 e. The van der Waals surface area contributed by atoms with Crippen molar-refractivity contribution >= 4 is 23.2 Å². The minimum Gasteiger partial charge on any atom is -0.495 e. The zero-order valence-electron chi connectivity index (χ0n) is 13.8. The van der Waals surface area contributed by atoms with Crippen LogP contribution in [-0.4, -0.2) is 37.6 Å². The molecule has 0 aliphatic carbocycles. The fourth-order valence-corrected chi connectivity index (χ4v) is 3.40. The second-order valence-corrected chi connectivity index (χ2v) is 6.90. The van der Waals surface area contributed by atoms with Gasteiger partial charge in [-0.15, -0.1) is 0 Å². The Bertz CT molecular complexity index is 538. The lowest BCUT2D eigenvalue weighted by Gasteiger charge is -2.34. The molecule has 1 aliphatic rings. The number of methoxy groups -OCH3 is 1. The summed E-state index contributed by atoms with van der Waals surface area (Å²) in [7, 11) is 1.57. The minimum absolute atomic E-state index is 0.0127. The quantitative estimate of drug-likeness (QED) is 0.920. The molecule has 0 spiro atoms. The van der Waals surface area contributed by atoms with Gasteiger partial charge in [-0.05, 0) is 36.8 Å². The molecule has 0 aromatic heterocycles. The maximum atomic E-state index is 12.3. The molecule has 0 bridgehead atoms. The first-order valence-electron chi connectivity index (χ1n) is 7.75. The standard InChI is InChI=1S/C17H25ClN2O2/c1-11-5-12(2)9-20(8-11)10-17(21)19-15-6-13(3)14(18)7-16(15)22-4/h6-7,11-12H,5,8-10H2,1-4H3,(H,19,21)/t11-,12-/m1/s1. The van der Waals surface area contributed by atoms with Gasteiger partial charge >= 0.3 is 0 Å². The van der Waals surface area contributed by atoms with Crippen molar-refractivity contribution in [2.24, 2.45) is 11.8 Å². The fourth-order valence-electron chi connectivity index (χ4n) is 3.24. The summed E-state index contributed by atoms with van der Waals surface area (Å²) < 4.78 is 5.29. The van der Waals surface area contributed by atoms with E-state index in [1.165, 1.54) is 6.42 Å². The summed E-state index contributed by atoms with van der Waals surface area (Å²) in [5.41, 5.74) is 1.59. The number of carbonyl (C=O) groups excluding carboxylic acids is 1. The van der Waals surface area contributed by atoms with E-state index in [0.29, 0.717) is 34.8 Å². The predicted molar refractivity (Wildman–Crippen MR) is 90.8 cm³/mol. The van der Waals surface area contributed by atoms with E-state index in [-0.39, 0.29) is 5.91 Å². The number of amides is 1. The number of carbonyl (C=O) groups is 1. The third-order valence-electron chi connectivity index (χ3n) is 4.07. The van der Waals surface area contributed by atoms with Crippen molar-refractivity contribution in [3.05, 3.63) is 22.7 Å². The highest BCUT2D eigenvalue weighted by atomic mass is 35.5. The van der Waals surface area contributed by atoms with Crippen LogP contribution in [0.4, 0.5) is 5.69 Å². The number of piperidine rings is 1. The number of halogens is 1. The number of benzene rings is 1. The van der Waals surface area contributed by atoms with Crippen molar-refractivity contribution in [1.82, 2.24) is 4.90 Å². The maximum Gasteiger partial charge on any atom is 0.238 e. The first-order valence-corrected chi connectivity index (χ1v) is 8.13. The lowest BCUT2D eigenvalue weighted by molar-refractivity contribution is -0.117. The summed E-state index contributed by atoms with van der Waals surface area (Å²) >= 11 is 6.09. The molecule has 1 saturated heterocycles. The molecule has 0 unspecified atom stereocenters. The van der Waals surface area contributed by atoms with E-state index in [1.54, 1.807) is 13.2 Å². The van der Waals surface area contributed by atoms with Crippen LogP contribution in [0.3, 0.4) is 0 Å². The van der Waals surface area contributed by atoms with Gasteiger partial charge in [-0.3, -0.25) is 9.69 Å². The zero-order valence-corrected chi connectivity index (χ0v) is 14.5. The molecule has 1 aromatic carbocycles. The summed E-state index contributed by atoms with van der Waals surface area (Å²) in [6, 6.07) is 3.58. The van der Waals surface area contributed by atoms with E-state index in [0.717, 1.165) is 18.7 Å². The number of likely N-dealkylation sites (tertiary alicyclic amines) is 1. The Morgan fingerprint density at radius 2 is 2.00 bits per heavy atom. The molecule has 4 nitrogen and oxygen atoms in total. The zero-order chi connectivity index (χ0) is 16.3. The number of nitrogens with zero attached hydrogens (tertiary/aromatic N) is 1. The van der Waals surface area contributed by atoms with Crippen LogP contribution in [0.25, 0.3) is 0 Å². The summed E-state index contributed by atoms with van der Waals surface area (Å²) in [5, 5.41) is 3.58. The average Bonchev–Trinajstić information content (AvgIpc) is 2.41. The number of anilines is 1. The highest BCUT2D eigenvalue weighted by Crippen LogP contribution is 2.31. The van der Waals surface area contributed by atoms with Gasteiger partial charge in [0.25, 0.3) is 0 Å². The first-order chi connectivity index (χ1) is 10.4. The molecule has 0 radical (unpaired) electrons. The van der Waals surface area contributed by atoms with Gasteiger partial charge < -0.3 is 10.1 Å². The molecule has 1 aliphatic heterocycles. The highest BCUT2D eigenvalue weighted by molar-refractivity contribution is 6.31. The van der Waals surface area contributed by atoms with E-state index >= 15 is 0 Å². The Kier molecular flexibility index (Phi) is 5.70. The molecule has 1 amide bonds. The van der Waals surface area contributed by atoms with Gasteiger partial charge in [-0.1, -0.05) is 25.4 Å². The minimum atomic E-state index is -0.0127. The van der Waals surface area contributed by atoms with Crippen LogP contribution < -0.4 is 10.1 Å². The molecule has 1 aromatic rings. The number of rotatable bonds is 4. The molecular weight excluding hydrogens is 300 g/mol. The Labute approximate surface area is 137 Å². The third kappa shape index (κ3) is 4.37. The molecule has 1 fully saturated rings. The lowest BCUT2D eigenvalue weighted by Crippen LogP contribution is -2.42. The number of hydrogen-bond donors (Lipinski definition) is 1. The summed E-state index contributed by atoms with van der Waals surface area (Å²) in [5.74, 6) is 1.86. The Hall–Kier alpha value is -1.26. The molecule has 0 saturated carbocycles. The molecule has 2 atom stereocenters. The van der Waals surface area contributed by atoms with Gasteiger partial charge in [-0.25, -0.2) is 0 Å². The van der Waals surface area contributed by atoms with Gasteiger partial charge in [0.05, 0.1) is 19.3 Å². The molecule has 2 rings (SSSR count). The van der Waals surface area contributed by atoms with E-state index < -0.39 is 0 Å². The van der Waals surface area contributed by atoms with Crippen molar-refractivity contribution < 1.29 is 9.53 Å². The Balaban J connectivity index is 2.01. The number of aryl methyl sites for hydroxylation is 1. The van der Waals surface area contributed by atoms with Crippen molar-refractivity contribution in [2.45, 2.75) is 27.2 Å². The monoisotopic (exact) mass is 324 g/mol. The summed E-state index contributed by atoms with van der Waals surface area (Å²) in [6.07, 6.45) is 1.24. The highest BCUT2D eigenvalue weighted by Gasteiger charge is 2.23. The molecule has 1 heterocycles.